The Morgan fingerprint density at radius 3 is 2.84 bits per heavy atom. The van der Waals surface area contributed by atoms with Crippen molar-refractivity contribution in [2.75, 3.05) is 17.2 Å². The first-order valence-electron chi connectivity index (χ1n) is 6.24. The van der Waals surface area contributed by atoms with E-state index in [9.17, 15) is 0 Å². The molecule has 0 spiro atoms. The van der Waals surface area contributed by atoms with Gasteiger partial charge in [0, 0.05) is 16.3 Å². The Morgan fingerprint density at radius 2 is 2.16 bits per heavy atom. The summed E-state index contributed by atoms with van der Waals surface area (Å²) in [6.45, 7) is 5.77. The van der Waals surface area contributed by atoms with Gasteiger partial charge in [-0.15, -0.1) is 11.3 Å². The minimum Gasteiger partial charge on any atom is -0.364 e. The molecule has 0 aromatic carbocycles. The molecule has 0 aliphatic heterocycles. The summed E-state index contributed by atoms with van der Waals surface area (Å²) in [6.07, 6.45) is 2.65. The molecular formula is C13H17ClN4S. The molecule has 2 aromatic heterocycles. The van der Waals surface area contributed by atoms with E-state index in [1.807, 2.05) is 0 Å². The lowest BCUT2D eigenvalue weighted by molar-refractivity contribution is 0.951. The van der Waals surface area contributed by atoms with Gasteiger partial charge in [0.25, 0.3) is 0 Å². The van der Waals surface area contributed by atoms with Crippen LogP contribution in [0.1, 0.15) is 23.1 Å². The van der Waals surface area contributed by atoms with Gasteiger partial charge in [-0.1, -0.05) is 18.5 Å². The van der Waals surface area contributed by atoms with Crippen LogP contribution in [0.5, 0.6) is 0 Å². The van der Waals surface area contributed by atoms with Crippen LogP contribution in [0, 0.1) is 6.92 Å². The molecule has 0 bridgehead atoms. The molecule has 0 amide bonds. The van der Waals surface area contributed by atoms with Crippen molar-refractivity contribution in [1.82, 2.24) is 9.97 Å². The quantitative estimate of drug-likeness (QED) is 0.848. The molecule has 0 unspecified atom stereocenters. The van der Waals surface area contributed by atoms with Crippen LogP contribution < -0.4 is 10.6 Å². The van der Waals surface area contributed by atoms with E-state index in [4.69, 9.17) is 11.6 Å². The van der Waals surface area contributed by atoms with Crippen LogP contribution in [-0.4, -0.2) is 16.5 Å². The molecule has 4 nitrogen and oxygen atoms in total. The number of hydrogen-bond acceptors (Lipinski definition) is 5. The van der Waals surface area contributed by atoms with Crippen molar-refractivity contribution >= 4 is 34.7 Å². The average molecular weight is 297 g/mol. The van der Waals surface area contributed by atoms with Gasteiger partial charge in [-0.25, -0.2) is 4.98 Å². The normalized spacial score (nSPS) is 10.5. The van der Waals surface area contributed by atoms with Crippen LogP contribution in [0.4, 0.5) is 11.8 Å². The smallest absolute Gasteiger partial charge is 0.224 e. The van der Waals surface area contributed by atoms with E-state index < -0.39 is 0 Å². The predicted molar refractivity (Wildman–Crippen MR) is 82.2 cm³/mol. The maximum Gasteiger partial charge on any atom is 0.224 e. The molecule has 0 atom stereocenters. The first-order valence-corrected chi connectivity index (χ1v) is 7.44. The Hall–Kier alpha value is -1.33. The van der Waals surface area contributed by atoms with Crippen LogP contribution in [0.3, 0.4) is 0 Å². The monoisotopic (exact) mass is 296 g/mol. The number of thiophene rings is 1. The number of rotatable bonds is 6. The van der Waals surface area contributed by atoms with Gasteiger partial charge in [0.05, 0.1) is 12.7 Å². The summed E-state index contributed by atoms with van der Waals surface area (Å²) in [5, 5.41) is 6.93. The van der Waals surface area contributed by atoms with Crippen molar-refractivity contribution in [3.8, 4) is 0 Å². The molecule has 0 aliphatic rings. The van der Waals surface area contributed by atoms with Crippen LogP contribution in [-0.2, 0) is 6.54 Å². The molecule has 0 saturated heterocycles. The SMILES string of the molecule is CCCNc1ncc(Cl)c(NCc2ccc(C)s2)n1. The highest BCUT2D eigenvalue weighted by Crippen LogP contribution is 2.22. The number of nitrogens with one attached hydrogen (secondary N) is 2. The first kappa shape index (κ1) is 14.1. The van der Waals surface area contributed by atoms with Gasteiger partial charge < -0.3 is 10.6 Å². The number of aryl methyl sites for hydroxylation is 1. The number of halogens is 1. The zero-order chi connectivity index (χ0) is 13.7. The van der Waals surface area contributed by atoms with Gasteiger partial charge in [-0.05, 0) is 25.5 Å². The fourth-order valence-electron chi connectivity index (χ4n) is 1.56. The fraction of sp³-hybridized carbons (Fsp3) is 0.385. The molecule has 2 heterocycles. The first-order chi connectivity index (χ1) is 9.19. The van der Waals surface area contributed by atoms with Crippen LogP contribution >= 0.6 is 22.9 Å². The highest BCUT2D eigenvalue weighted by Gasteiger charge is 2.05. The fourth-order valence-corrected chi connectivity index (χ4v) is 2.55. The minimum atomic E-state index is 0.537. The van der Waals surface area contributed by atoms with E-state index in [-0.39, 0.29) is 0 Å². The summed E-state index contributed by atoms with van der Waals surface area (Å²) >= 11 is 7.86. The summed E-state index contributed by atoms with van der Waals surface area (Å²) in [7, 11) is 0. The summed E-state index contributed by atoms with van der Waals surface area (Å²) < 4.78 is 0. The Morgan fingerprint density at radius 1 is 1.32 bits per heavy atom. The largest absolute Gasteiger partial charge is 0.364 e. The van der Waals surface area contributed by atoms with Crippen molar-refractivity contribution in [2.24, 2.45) is 0 Å². The van der Waals surface area contributed by atoms with Crippen LogP contribution in [0.2, 0.25) is 5.02 Å². The molecule has 6 heteroatoms. The van der Waals surface area contributed by atoms with Gasteiger partial charge >= 0.3 is 0 Å². The Balaban J connectivity index is 2.02. The molecule has 102 valence electrons. The summed E-state index contributed by atoms with van der Waals surface area (Å²) in [4.78, 5) is 11.1. The Kier molecular flexibility index (Phi) is 4.99. The van der Waals surface area contributed by atoms with E-state index in [0.29, 0.717) is 16.8 Å². The lowest BCUT2D eigenvalue weighted by Gasteiger charge is -2.08. The third kappa shape index (κ3) is 4.08. The van der Waals surface area contributed by atoms with Crippen LogP contribution in [0.25, 0.3) is 0 Å². The third-order valence-corrected chi connectivity index (χ3v) is 3.78. The second-order valence-corrected chi connectivity index (χ2v) is 5.96. The molecule has 19 heavy (non-hydrogen) atoms. The van der Waals surface area contributed by atoms with Gasteiger partial charge in [0.2, 0.25) is 5.95 Å². The lowest BCUT2D eigenvalue weighted by Crippen LogP contribution is -2.07. The van der Waals surface area contributed by atoms with Crippen molar-refractivity contribution in [1.29, 1.82) is 0 Å². The topological polar surface area (TPSA) is 49.8 Å². The maximum atomic E-state index is 6.09. The van der Waals surface area contributed by atoms with Gasteiger partial charge in [-0.3, -0.25) is 0 Å². The van der Waals surface area contributed by atoms with E-state index in [0.717, 1.165) is 19.5 Å². The molecule has 2 rings (SSSR count). The number of aromatic nitrogens is 2. The van der Waals surface area contributed by atoms with E-state index in [2.05, 4.69) is 46.6 Å². The third-order valence-electron chi connectivity index (χ3n) is 2.50. The summed E-state index contributed by atoms with van der Waals surface area (Å²) in [5.74, 6) is 1.28. The predicted octanol–water partition coefficient (Wildman–Crippen LogP) is 3.93. The standard InChI is InChI=1S/C13H17ClN4S/c1-3-6-15-13-17-8-11(14)12(18-13)16-7-10-5-4-9(2)19-10/h4-5,8H,3,6-7H2,1-2H3,(H2,15,16,17,18). The zero-order valence-corrected chi connectivity index (χ0v) is 12.6. The van der Waals surface area contributed by atoms with E-state index in [1.165, 1.54) is 9.75 Å². The van der Waals surface area contributed by atoms with Gasteiger partial charge in [-0.2, -0.15) is 4.98 Å². The molecule has 0 aliphatic carbocycles. The average Bonchev–Trinajstić information content (AvgIpc) is 2.82. The maximum absolute atomic E-state index is 6.09. The molecule has 2 aromatic rings. The lowest BCUT2D eigenvalue weighted by atomic mass is 10.4. The number of hydrogen-bond donors (Lipinski definition) is 2. The van der Waals surface area contributed by atoms with E-state index in [1.54, 1.807) is 17.5 Å². The second-order valence-electron chi connectivity index (χ2n) is 4.18. The van der Waals surface area contributed by atoms with Crippen LogP contribution in [0.15, 0.2) is 18.3 Å². The number of nitrogens with zero attached hydrogens (tertiary/aromatic N) is 2. The molecule has 2 N–H and O–H groups in total. The second kappa shape index (κ2) is 6.73. The Bertz CT molecular complexity index is 541. The highest BCUT2D eigenvalue weighted by molar-refractivity contribution is 7.11. The summed E-state index contributed by atoms with van der Waals surface area (Å²) in [5.41, 5.74) is 0. The molecule has 0 fully saturated rings. The van der Waals surface area contributed by atoms with Crippen molar-refractivity contribution in [3.63, 3.8) is 0 Å². The van der Waals surface area contributed by atoms with Gasteiger partial charge in [0.15, 0.2) is 5.82 Å². The molecular weight excluding hydrogens is 280 g/mol. The van der Waals surface area contributed by atoms with E-state index >= 15 is 0 Å². The van der Waals surface area contributed by atoms with Crippen molar-refractivity contribution < 1.29 is 0 Å². The van der Waals surface area contributed by atoms with Crippen molar-refractivity contribution in [3.05, 3.63) is 33.1 Å². The molecule has 0 radical (unpaired) electrons. The minimum absolute atomic E-state index is 0.537. The van der Waals surface area contributed by atoms with Crippen molar-refractivity contribution in [2.45, 2.75) is 26.8 Å². The van der Waals surface area contributed by atoms with Gasteiger partial charge in [0.1, 0.15) is 5.02 Å². The highest BCUT2D eigenvalue weighted by atomic mass is 35.5. The Labute approximate surface area is 122 Å². The summed E-state index contributed by atoms with van der Waals surface area (Å²) in [6, 6.07) is 4.22. The molecule has 0 saturated carbocycles. The number of anilines is 2. The zero-order valence-electron chi connectivity index (χ0n) is 11.0.